The lowest BCUT2D eigenvalue weighted by Crippen LogP contribution is -2.21. The molecule has 0 saturated carbocycles. The zero-order valence-electron chi connectivity index (χ0n) is 11.1. The van der Waals surface area contributed by atoms with E-state index in [9.17, 15) is 18.0 Å². The first kappa shape index (κ1) is 15.8. The van der Waals surface area contributed by atoms with E-state index in [2.05, 4.69) is 17.2 Å². The number of nitrogens with one attached hydrogen (secondary N) is 1. The average Bonchev–Trinajstić information content (AvgIpc) is 2.33. The van der Waals surface area contributed by atoms with E-state index < -0.39 is 11.7 Å². The van der Waals surface area contributed by atoms with Gasteiger partial charge in [0, 0.05) is 11.6 Å². The van der Waals surface area contributed by atoms with Gasteiger partial charge in [-0.3, -0.25) is 4.79 Å². The van der Waals surface area contributed by atoms with Crippen LogP contribution in [0.3, 0.4) is 0 Å². The van der Waals surface area contributed by atoms with Gasteiger partial charge in [0.15, 0.2) is 0 Å². The van der Waals surface area contributed by atoms with Crippen molar-refractivity contribution in [2.45, 2.75) is 20.0 Å². The Kier molecular flexibility index (Phi) is 5.39. The summed E-state index contributed by atoms with van der Waals surface area (Å²) in [6, 6.07) is 4.75. The topological polar surface area (TPSA) is 29.1 Å². The number of carbonyl (C=O) groups is 1. The molecule has 5 heteroatoms. The van der Waals surface area contributed by atoms with Crippen molar-refractivity contribution < 1.29 is 18.0 Å². The predicted molar refractivity (Wildman–Crippen MR) is 70.8 cm³/mol. The lowest BCUT2D eigenvalue weighted by atomic mass is 10.1. The van der Waals surface area contributed by atoms with E-state index in [0.717, 1.165) is 17.7 Å². The number of hydrogen-bond acceptors (Lipinski definition) is 1. The minimum absolute atomic E-state index is 0.0822. The molecular weight excluding hydrogens is 267 g/mol. The standard InChI is InChI=1S/C15H14F3NO/c1-11(2)9-14(20)19-8-4-6-12-5-3-7-13(10-12)15(16,17)18/h3,5,7,9-10H,8H2,1-2H3,(H,19,20). The summed E-state index contributed by atoms with van der Waals surface area (Å²) in [6.45, 7) is 3.65. The average molecular weight is 281 g/mol. The summed E-state index contributed by atoms with van der Waals surface area (Å²) in [6.07, 6.45) is -2.96. The molecule has 0 spiro atoms. The molecule has 0 saturated heterocycles. The quantitative estimate of drug-likeness (QED) is 0.655. The van der Waals surface area contributed by atoms with Crippen LogP contribution in [0.2, 0.25) is 0 Å². The molecule has 1 rings (SSSR count). The molecule has 0 aliphatic carbocycles. The summed E-state index contributed by atoms with van der Waals surface area (Å²) < 4.78 is 37.4. The van der Waals surface area contributed by atoms with Crippen LogP contribution >= 0.6 is 0 Å². The van der Waals surface area contributed by atoms with Crippen LogP contribution in [0.15, 0.2) is 35.9 Å². The zero-order valence-corrected chi connectivity index (χ0v) is 11.1. The first-order chi connectivity index (χ1) is 9.29. The highest BCUT2D eigenvalue weighted by atomic mass is 19.4. The summed E-state index contributed by atoms with van der Waals surface area (Å²) in [4.78, 5) is 11.2. The monoisotopic (exact) mass is 281 g/mol. The second kappa shape index (κ2) is 6.80. The maximum atomic E-state index is 12.5. The number of hydrogen-bond donors (Lipinski definition) is 1. The molecule has 0 heterocycles. The number of amides is 1. The molecule has 2 nitrogen and oxygen atoms in total. The molecular formula is C15H14F3NO. The fraction of sp³-hybridized carbons (Fsp3) is 0.267. The first-order valence-corrected chi connectivity index (χ1v) is 5.88. The second-order valence-corrected chi connectivity index (χ2v) is 4.32. The molecule has 0 aliphatic rings. The molecule has 1 aromatic rings. The molecule has 0 aliphatic heterocycles. The minimum Gasteiger partial charge on any atom is -0.342 e. The number of benzene rings is 1. The number of rotatable bonds is 2. The SMILES string of the molecule is CC(C)=CC(=O)NCC#Cc1cccc(C(F)(F)F)c1. The Morgan fingerprint density at radius 1 is 1.35 bits per heavy atom. The van der Waals surface area contributed by atoms with Gasteiger partial charge in [-0.15, -0.1) is 0 Å². The summed E-state index contributed by atoms with van der Waals surface area (Å²) in [5.41, 5.74) is 0.377. The Labute approximate surface area is 115 Å². The van der Waals surface area contributed by atoms with E-state index >= 15 is 0 Å². The van der Waals surface area contributed by atoms with Crippen LogP contribution in [0.1, 0.15) is 25.0 Å². The molecule has 0 radical (unpaired) electrons. The number of carbonyl (C=O) groups excluding carboxylic acids is 1. The molecule has 0 bridgehead atoms. The predicted octanol–water partition coefficient (Wildman–Crippen LogP) is 3.14. The maximum absolute atomic E-state index is 12.5. The first-order valence-electron chi connectivity index (χ1n) is 5.88. The molecule has 1 N–H and O–H groups in total. The van der Waals surface area contributed by atoms with Gasteiger partial charge in [-0.05, 0) is 32.0 Å². The molecule has 106 valence electrons. The van der Waals surface area contributed by atoms with E-state index in [1.807, 2.05) is 0 Å². The normalized spacial score (nSPS) is 10.2. The van der Waals surface area contributed by atoms with Crippen molar-refractivity contribution in [3.8, 4) is 11.8 Å². The Bertz CT molecular complexity index is 573. The van der Waals surface area contributed by atoms with Crippen LogP contribution in [0.5, 0.6) is 0 Å². The van der Waals surface area contributed by atoms with Crippen LogP contribution in [0, 0.1) is 11.8 Å². The van der Waals surface area contributed by atoms with E-state index in [1.165, 1.54) is 18.2 Å². The Morgan fingerprint density at radius 3 is 2.65 bits per heavy atom. The van der Waals surface area contributed by atoms with Crippen LogP contribution in [0.4, 0.5) is 13.2 Å². The van der Waals surface area contributed by atoms with Gasteiger partial charge in [-0.2, -0.15) is 13.2 Å². The van der Waals surface area contributed by atoms with Crippen LogP contribution in [-0.4, -0.2) is 12.5 Å². The highest BCUT2D eigenvalue weighted by molar-refractivity contribution is 5.88. The Balaban J connectivity index is 2.65. The van der Waals surface area contributed by atoms with Crippen molar-refractivity contribution in [2.75, 3.05) is 6.54 Å². The highest BCUT2D eigenvalue weighted by Gasteiger charge is 2.30. The third-order valence-electron chi connectivity index (χ3n) is 2.19. The molecule has 1 aromatic carbocycles. The van der Waals surface area contributed by atoms with Gasteiger partial charge >= 0.3 is 6.18 Å². The van der Waals surface area contributed by atoms with Crippen LogP contribution in [0.25, 0.3) is 0 Å². The van der Waals surface area contributed by atoms with Gasteiger partial charge in [-0.25, -0.2) is 0 Å². The molecule has 0 fully saturated rings. The molecule has 0 atom stereocenters. The largest absolute Gasteiger partial charge is 0.416 e. The highest BCUT2D eigenvalue weighted by Crippen LogP contribution is 2.29. The molecule has 0 aromatic heterocycles. The van der Waals surface area contributed by atoms with E-state index in [4.69, 9.17) is 0 Å². The van der Waals surface area contributed by atoms with Gasteiger partial charge in [0.05, 0.1) is 12.1 Å². The van der Waals surface area contributed by atoms with Crippen molar-refractivity contribution in [1.29, 1.82) is 0 Å². The van der Waals surface area contributed by atoms with Gasteiger partial charge in [-0.1, -0.05) is 23.5 Å². The number of halogens is 3. The molecule has 1 amide bonds. The number of allylic oxidation sites excluding steroid dienone is 1. The Hall–Kier alpha value is -2.22. The summed E-state index contributed by atoms with van der Waals surface area (Å²) >= 11 is 0. The smallest absolute Gasteiger partial charge is 0.342 e. The minimum atomic E-state index is -4.38. The van der Waals surface area contributed by atoms with Crippen molar-refractivity contribution in [1.82, 2.24) is 5.32 Å². The van der Waals surface area contributed by atoms with Gasteiger partial charge in [0.1, 0.15) is 0 Å². The van der Waals surface area contributed by atoms with E-state index in [0.29, 0.717) is 0 Å². The Morgan fingerprint density at radius 2 is 2.05 bits per heavy atom. The van der Waals surface area contributed by atoms with Crippen LogP contribution < -0.4 is 5.32 Å². The zero-order chi connectivity index (χ0) is 15.2. The summed E-state index contributed by atoms with van der Waals surface area (Å²) in [5, 5.41) is 2.52. The van der Waals surface area contributed by atoms with Gasteiger partial charge in [0.25, 0.3) is 0 Å². The second-order valence-electron chi connectivity index (χ2n) is 4.32. The summed E-state index contributed by atoms with van der Waals surface area (Å²) in [7, 11) is 0. The third-order valence-corrected chi connectivity index (χ3v) is 2.19. The lowest BCUT2D eigenvalue weighted by Gasteiger charge is -2.05. The van der Waals surface area contributed by atoms with Crippen molar-refractivity contribution >= 4 is 5.91 Å². The van der Waals surface area contributed by atoms with Gasteiger partial charge < -0.3 is 5.32 Å². The van der Waals surface area contributed by atoms with Gasteiger partial charge in [0.2, 0.25) is 5.91 Å². The fourth-order valence-electron chi connectivity index (χ4n) is 1.36. The third kappa shape index (κ3) is 5.61. The fourth-order valence-corrected chi connectivity index (χ4v) is 1.36. The van der Waals surface area contributed by atoms with Crippen molar-refractivity contribution in [3.63, 3.8) is 0 Å². The maximum Gasteiger partial charge on any atom is 0.416 e. The summed E-state index contributed by atoms with van der Waals surface area (Å²) in [5.74, 6) is 4.91. The van der Waals surface area contributed by atoms with E-state index in [-0.39, 0.29) is 18.0 Å². The lowest BCUT2D eigenvalue weighted by molar-refractivity contribution is -0.137. The van der Waals surface area contributed by atoms with Crippen molar-refractivity contribution in [2.24, 2.45) is 0 Å². The van der Waals surface area contributed by atoms with Crippen molar-refractivity contribution in [3.05, 3.63) is 47.0 Å². The van der Waals surface area contributed by atoms with E-state index in [1.54, 1.807) is 13.8 Å². The number of alkyl halides is 3. The van der Waals surface area contributed by atoms with Crippen LogP contribution in [-0.2, 0) is 11.0 Å². The molecule has 0 unspecified atom stereocenters. The molecule has 20 heavy (non-hydrogen) atoms.